The molecule has 1 aliphatic heterocycles. The van der Waals surface area contributed by atoms with Crippen LogP contribution in [0.4, 0.5) is 5.82 Å². The van der Waals surface area contributed by atoms with Gasteiger partial charge in [-0.1, -0.05) is 0 Å². The van der Waals surface area contributed by atoms with E-state index in [1.807, 2.05) is 0 Å². The Hall–Kier alpha value is -2.11. The van der Waals surface area contributed by atoms with E-state index in [0.717, 1.165) is 0 Å². The number of carboxylic acid groups (broad SMARTS) is 1. The number of nitrogens with zero attached hydrogens (tertiary/aromatic N) is 3. The van der Waals surface area contributed by atoms with Crippen LogP contribution >= 0.6 is 0 Å². The fourth-order valence-electron chi connectivity index (χ4n) is 2.36. The van der Waals surface area contributed by atoms with Crippen molar-refractivity contribution in [3.05, 3.63) is 23.9 Å². The molecule has 0 bridgehead atoms. The number of pyridine rings is 1. The fourth-order valence-corrected chi connectivity index (χ4v) is 2.36. The number of piperazine rings is 1. The van der Waals surface area contributed by atoms with Crippen molar-refractivity contribution >= 4 is 17.7 Å². The molecule has 2 rings (SSSR count). The Kier molecular flexibility index (Phi) is 3.18. The molecule has 1 saturated heterocycles. The first-order chi connectivity index (χ1) is 8.85. The molecule has 1 fully saturated rings. The number of anilines is 1. The Morgan fingerprint density at radius 1 is 1.42 bits per heavy atom. The Morgan fingerprint density at radius 3 is 2.74 bits per heavy atom. The summed E-state index contributed by atoms with van der Waals surface area (Å²) in [4.78, 5) is 31.0. The zero-order valence-electron chi connectivity index (χ0n) is 11.3. The molecule has 0 spiro atoms. The van der Waals surface area contributed by atoms with Crippen molar-refractivity contribution in [3.8, 4) is 0 Å². The maximum Gasteiger partial charge on any atom is 0.339 e. The van der Waals surface area contributed by atoms with Gasteiger partial charge in [0.25, 0.3) is 0 Å². The predicted octanol–water partition coefficient (Wildman–Crippen LogP) is 0.837. The van der Waals surface area contributed by atoms with Crippen molar-refractivity contribution in [2.75, 3.05) is 25.0 Å². The number of aromatic nitrogens is 1. The highest BCUT2D eigenvalue weighted by Gasteiger charge is 2.42. The van der Waals surface area contributed by atoms with Crippen LogP contribution in [0.2, 0.25) is 0 Å². The van der Waals surface area contributed by atoms with E-state index in [1.54, 1.807) is 43.0 Å². The number of likely N-dealkylation sites (N-methyl/N-ethyl adjacent to an activating group) is 1. The van der Waals surface area contributed by atoms with E-state index in [-0.39, 0.29) is 11.5 Å². The van der Waals surface area contributed by atoms with Gasteiger partial charge in [0.1, 0.15) is 16.9 Å². The predicted molar refractivity (Wildman–Crippen MR) is 70.3 cm³/mol. The zero-order valence-corrected chi connectivity index (χ0v) is 11.3. The summed E-state index contributed by atoms with van der Waals surface area (Å²) in [5.41, 5.74) is -0.682. The average Bonchev–Trinajstić information content (AvgIpc) is 2.36. The van der Waals surface area contributed by atoms with Crippen molar-refractivity contribution in [1.82, 2.24) is 9.88 Å². The Bertz CT molecular complexity index is 528. The number of amides is 1. The second-order valence-electron chi connectivity index (χ2n) is 5.12. The van der Waals surface area contributed by atoms with Gasteiger partial charge in [-0.2, -0.15) is 0 Å². The highest BCUT2D eigenvalue weighted by molar-refractivity contribution is 5.96. The van der Waals surface area contributed by atoms with E-state index in [0.29, 0.717) is 18.9 Å². The van der Waals surface area contributed by atoms with Crippen LogP contribution in [0.15, 0.2) is 18.3 Å². The lowest BCUT2D eigenvalue weighted by molar-refractivity contribution is -0.136. The molecular weight excluding hydrogens is 246 g/mol. The van der Waals surface area contributed by atoms with E-state index in [1.165, 1.54) is 6.07 Å². The third kappa shape index (κ3) is 2.14. The van der Waals surface area contributed by atoms with Crippen molar-refractivity contribution < 1.29 is 14.7 Å². The van der Waals surface area contributed by atoms with Gasteiger partial charge in [-0.15, -0.1) is 0 Å². The number of hydrogen-bond donors (Lipinski definition) is 1. The lowest BCUT2D eigenvalue weighted by atomic mass is 9.97. The summed E-state index contributed by atoms with van der Waals surface area (Å²) in [5.74, 6) is -0.729. The Labute approximate surface area is 111 Å². The van der Waals surface area contributed by atoms with Crippen LogP contribution in [0, 0.1) is 0 Å². The molecule has 0 unspecified atom stereocenters. The van der Waals surface area contributed by atoms with Gasteiger partial charge in [0.2, 0.25) is 5.91 Å². The molecule has 1 aromatic heterocycles. The molecule has 1 amide bonds. The summed E-state index contributed by atoms with van der Waals surface area (Å²) in [6.45, 7) is 4.68. The third-order valence-corrected chi connectivity index (χ3v) is 3.48. The molecule has 2 heterocycles. The lowest BCUT2D eigenvalue weighted by Crippen LogP contribution is -2.62. The number of hydrogen-bond acceptors (Lipinski definition) is 4. The quantitative estimate of drug-likeness (QED) is 0.855. The molecule has 0 atom stereocenters. The zero-order chi connectivity index (χ0) is 14.2. The first-order valence-corrected chi connectivity index (χ1v) is 6.07. The molecule has 6 nitrogen and oxygen atoms in total. The van der Waals surface area contributed by atoms with Crippen LogP contribution in [-0.2, 0) is 4.79 Å². The molecule has 102 valence electrons. The molecule has 1 N–H and O–H groups in total. The molecule has 0 saturated carbocycles. The molecule has 0 aromatic carbocycles. The van der Waals surface area contributed by atoms with Gasteiger partial charge < -0.3 is 14.9 Å². The van der Waals surface area contributed by atoms with Crippen LogP contribution in [0.3, 0.4) is 0 Å². The second kappa shape index (κ2) is 4.53. The molecule has 1 aliphatic rings. The molecule has 1 aromatic rings. The van der Waals surface area contributed by atoms with E-state index >= 15 is 0 Å². The van der Waals surface area contributed by atoms with Gasteiger partial charge in [0.05, 0.1) is 0 Å². The van der Waals surface area contributed by atoms with Crippen molar-refractivity contribution in [2.24, 2.45) is 0 Å². The van der Waals surface area contributed by atoms with E-state index in [4.69, 9.17) is 0 Å². The van der Waals surface area contributed by atoms with Crippen LogP contribution in [0.1, 0.15) is 24.2 Å². The van der Waals surface area contributed by atoms with Crippen LogP contribution < -0.4 is 4.90 Å². The lowest BCUT2D eigenvalue weighted by Gasteiger charge is -2.45. The SMILES string of the molecule is CN1CCN(c2ncccc2C(=O)O)C(C)(C)C1=O. The van der Waals surface area contributed by atoms with Crippen LogP contribution in [0.5, 0.6) is 0 Å². The molecule has 6 heteroatoms. The largest absolute Gasteiger partial charge is 0.478 e. The minimum Gasteiger partial charge on any atom is -0.478 e. The second-order valence-corrected chi connectivity index (χ2v) is 5.12. The normalized spacial score (nSPS) is 18.6. The number of carbonyl (C=O) groups is 2. The van der Waals surface area contributed by atoms with E-state index in [9.17, 15) is 14.7 Å². The van der Waals surface area contributed by atoms with Crippen LogP contribution in [-0.4, -0.2) is 52.5 Å². The molecule has 0 radical (unpaired) electrons. The standard InChI is InChI=1S/C13H17N3O3/c1-13(2)12(19)15(3)7-8-16(13)10-9(11(17)18)5-4-6-14-10/h4-6H,7-8H2,1-3H3,(H,17,18). The number of carboxylic acids is 1. The van der Waals surface area contributed by atoms with Crippen molar-refractivity contribution in [3.63, 3.8) is 0 Å². The number of carbonyl (C=O) groups excluding carboxylic acids is 1. The fraction of sp³-hybridized carbons (Fsp3) is 0.462. The van der Waals surface area contributed by atoms with Crippen LogP contribution in [0.25, 0.3) is 0 Å². The van der Waals surface area contributed by atoms with Gasteiger partial charge in [-0.05, 0) is 26.0 Å². The summed E-state index contributed by atoms with van der Waals surface area (Å²) < 4.78 is 0. The summed E-state index contributed by atoms with van der Waals surface area (Å²) >= 11 is 0. The van der Waals surface area contributed by atoms with Gasteiger partial charge in [0, 0.05) is 26.3 Å². The number of rotatable bonds is 2. The minimum atomic E-state index is -1.04. The Morgan fingerprint density at radius 2 is 2.11 bits per heavy atom. The smallest absolute Gasteiger partial charge is 0.339 e. The Balaban J connectivity index is 2.47. The van der Waals surface area contributed by atoms with Crippen molar-refractivity contribution in [2.45, 2.75) is 19.4 Å². The first kappa shape index (κ1) is 13.3. The van der Waals surface area contributed by atoms with Gasteiger partial charge in [0.15, 0.2) is 0 Å². The third-order valence-electron chi connectivity index (χ3n) is 3.48. The maximum absolute atomic E-state index is 12.2. The minimum absolute atomic E-state index is 0.0410. The summed E-state index contributed by atoms with van der Waals surface area (Å²) in [6.07, 6.45) is 1.54. The maximum atomic E-state index is 12.2. The van der Waals surface area contributed by atoms with E-state index in [2.05, 4.69) is 4.98 Å². The topological polar surface area (TPSA) is 73.7 Å². The summed E-state index contributed by atoms with van der Waals surface area (Å²) in [5, 5.41) is 9.22. The van der Waals surface area contributed by atoms with Gasteiger partial charge in [-0.3, -0.25) is 4.79 Å². The van der Waals surface area contributed by atoms with Gasteiger partial charge >= 0.3 is 5.97 Å². The molecular formula is C13H17N3O3. The molecule has 0 aliphatic carbocycles. The average molecular weight is 263 g/mol. The van der Waals surface area contributed by atoms with Gasteiger partial charge in [-0.25, -0.2) is 9.78 Å². The highest BCUT2D eigenvalue weighted by atomic mass is 16.4. The highest BCUT2D eigenvalue weighted by Crippen LogP contribution is 2.29. The summed E-state index contributed by atoms with van der Waals surface area (Å²) in [6, 6.07) is 3.08. The monoisotopic (exact) mass is 263 g/mol. The van der Waals surface area contributed by atoms with E-state index < -0.39 is 11.5 Å². The van der Waals surface area contributed by atoms with Crippen molar-refractivity contribution in [1.29, 1.82) is 0 Å². The summed E-state index contributed by atoms with van der Waals surface area (Å²) in [7, 11) is 1.75. The first-order valence-electron chi connectivity index (χ1n) is 6.07. The number of aromatic carboxylic acids is 1. The molecule has 19 heavy (non-hydrogen) atoms.